The highest BCUT2D eigenvalue weighted by Crippen LogP contribution is 2.33. The van der Waals surface area contributed by atoms with E-state index in [4.69, 9.17) is 9.15 Å². The number of thiazole rings is 1. The van der Waals surface area contributed by atoms with Crippen molar-refractivity contribution >= 4 is 40.4 Å². The predicted octanol–water partition coefficient (Wildman–Crippen LogP) is 4.03. The third-order valence-corrected chi connectivity index (χ3v) is 7.50. The van der Waals surface area contributed by atoms with E-state index in [1.54, 1.807) is 44.2 Å². The molecule has 0 fully saturated rings. The number of rotatable bonds is 6. The summed E-state index contributed by atoms with van der Waals surface area (Å²) in [5.41, 5.74) is 1.23. The summed E-state index contributed by atoms with van der Waals surface area (Å²) in [6, 6.07) is 12.6. The van der Waals surface area contributed by atoms with E-state index in [9.17, 15) is 19.7 Å². The van der Waals surface area contributed by atoms with Crippen LogP contribution in [0.3, 0.4) is 0 Å². The van der Waals surface area contributed by atoms with Crippen LogP contribution in [0.5, 0.6) is 0 Å². The minimum atomic E-state index is -0.630. The molecule has 1 aromatic carbocycles. The molecule has 0 amide bonds. The van der Waals surface area contributed by atoms with Crippen LogP contribution in [0.25, 0.3) is 17.4 Å². The fraction of sp³-hybridized carbons (Fsp3) is 0.160. The highest BCUT2D eigenvalue weighted by Gasteiger charge is 2.33. The molecule has 182 valence electrons. The lowest BCUT2D eigenvalue weighted by Crippen LogP contribution is -2.39. The van der Waals surface area contributed by atoms with E-state index >= 15 is 0 Å². The molecule has 0 saturated heterocycles. The number of allylic oxidation sites excluding steroid dienone is 1. The first kappa shape index (κ1) is 23.6. The van der Waals surface area contributed by atoms with E-state index < -0.39 is 16.9 Å². The van der Waals surface area contributed by atoms with Crippen LogP contribution in [0, 0.1) is 10.1 Å². The Morgan fingerprint density at radius 2 is 2.03 bits per heavy atom. The summed E-state index contributed by atoms with van der Waals surface area (Å²) in [5, 5.41) is 12.8. The molecule has 0 radical (unpaired) electrons. The average molecular weight is 522 g/mol. The van der Waals surface area contributed by atoms with Gasteiger partial charge in [-0.15, -0.1) is 11.3 Å². The van der Waals surface area contributed by atoms with Crippen LogP contribution in [0.2, 0.25) is 0 Å². The highest BCUT2D eigenvalue weighted by atomic mass is 32.1. The summed E-state index contributed by atoms with van der Waals surface area (Å²) in [7, 11) is 0. The van der Waals surface area contributed by atoms with Crippen LogP contribution in [-0.2, 0) is 9.53 Å². The molecule has 0 aliphatic carbocycles. The van der Waals surface area contributed by atoms with Crippen molar-refractivity contribution in [3.63, 3.8) is 0 Å². The second-order valence-corrected chi connectivity index (χ2v) is 9.81. The molecule has 5 rings (SSSR count). The lowest BCUT2D eigenvalue weighted by atomic mass is 10.0. The van der Waals surface area contributed by atoms with Gasteiger partial charge in [-0.1, -0.05) is 17.4 Å². The maximum absolute atomic E-state index is 13.5. The van der Waals surface area contributed by atoms with Crippen LogP contribution in [-0.4, -0.2) is 22.1 Å². The number of non-ortho nitro benzene ring substituents is 1. The van der Waals surface area contributed by atoms with E-state index in [0.717, 1.165) is 4.88 Å². The topological polar surface area (TPSA) is 117 Å². The molecular weight excluding hydrogens is 502 g/mol. The molecule has 9 nitrogen and oxygen atoms in total. The van der Waals surface area contributed by atoms with Gasteiger partial charge in [0.25, 0.3) is 11.2 Å². The second kappa shape index (κ2) is 9.51. The molecule has 36 heavy (non-hydrogen) atoms. The lowest BCUT2D eigenvalue weighted by Gasteiger charge is -2.23. The summed E-state index contributed by atoms with van der Waals surface area (Å²) in [6.45, 7) is 3.69. The van der Waals surface area contributed by atoms with Crippen molar-refractivity contribution in [2.24, 2.45) is 4.99 Å². The fourth-order valence-corrected chi connectivity index (χ4v) is 5.82. The van der Waals surface area contributed by atoms with Gasteiger partial charge < -0.3 is 9.15 Å². The van der Waals surface area contributed by atoms with Gasteiger partial charge in [-0.25, -0.2) is 9.79 Å². The molecule has 1 atom stereocenters. The summed E-state index contributed by atoms with van der Waals surface area (Å²) in [4.78, 5) is 42.7. The molecule has 1 aliphatic rings. The first-order chi connectivity index (χ1) is 17.4. The number of carbonyl (C=O) groups excluding carboxylic acids is 1. The standard InChI is InChI=1S/C25H19N3O6S2/c1-3-33-24(30)21-14(2)26-25-27(22(21)19-5-4-12-35-19)23(29)20(36-25)13-17-10-11-18(34-17)15-6-8-16(9-7-15)28(31)32/h4-13,22H,3H2,1-2H3/b20-13-. The number of fused-ring (bicyclic) bond motifs is 1. The van der Waals surface area contributed by atoms with Gasteiger partial charge in [-0.2, -0.15) is 0 Å². The number of ether oxygens (including phenoxy) is 1. The number of nitro groups is 1. The average Bonchev–Trinajstić information content (AvgIpc) is 3.60. The summed E-state index contributed by atoms with van der Waals surface area (Å²) in [5.74, 6) is 0.466. The van der Waals surface area contributed by atoms with Crippen LogP contribution < -0.4 is 14.9 Å². The van der Waals surface area contributed by atoms with Crippen molar-refractivity contribution in [1.82, 2.24) is 4.57 Å². The van der Waals surface area contributed by atoms with Crippen molar-refractivity contribution in [3.8, 4) is 11.3 Å². The van der Waals surface area contributed by atoms with Crippen LogP contribution in [0.15, 0.2) is 79.4 Å². The van der Waals surface area contributed by atoms with Crippen molar-refractivity contribution in [1.29, 1.82) is 0 Å². The molecule has 1 aliphatic heterocycles. The Labute approximate surface area is 212 Å². The number of hydrogen-bond acceptors (Lipinski definition) is 9. The number of nitro benzene ring substituents is 1. The van der Waals surface area contributed by atoms with Crippen LogP contribution in [0.1, 0.15) is 30.5 Å². The van der Waals surface area contributed by atoms with E-state index in [1.807, 2.05) is 17.5 Å². The molecule has 11 heteroatoms. The molecule has 0 bridgehead atoms. The molecule has 4 aromatic rings. The molecule has 0 spiro atoms. The summed E-state index contributed by atoms with van der Waals surface area (Å²) >= 11 is 2.66. The Morgan fingerprint density at radius 1 is 1.25 bits per heavy atom. The van der Waals surface area contributed by atoms with E-state index in [1.165, 1.54) is 39.4 Å². The predicted molar refractivity (Wildman–Crippen MR) is 136 cm³/mol. The van der Waals surface area contributed by atoms with Gasteiger partial charge in [0.05, 0.1) is 27.3 Å². The SMILES string of the molecule is CCOC(=O)C1=C(C)N=c2s/c(=C\c3ccc(-c4ccc([N+](=O)[O-])cc4)o3)c(=O)n2C1c1cccs1. The number of aromatic nitrogens is 1. The van der Waals surface area contributed by atoms with Gasteiger partial charge in [-0.05, 0) is 49.6 Å². The van der Waals surface area contributed by atoms with Crippen molar-refractivity contribution in [2.45, 2.75) is 19.9 Å². The largest absolute Gasteiger partial charge is 0.463 e. The van der Waals surface area contributed by atoms with Gasteiger partial charge in [0.1, 0.15) is 17.6 Å². The summed E-state index contributed by atoms with van der Waals surface area (Å²) in [6.07, 6.45) is 1.63. The molecule has 3 aromatic heterocycles. The van der Waals surface area contributed by atoms with Gasteiger partial charge >= 0.3 is 5.97 Å². The Morgan fingerprint density at radius 3 is 2.69 bits per heavy atom. The van der Waals surface area contributed by atoms with E-state index in [2.05, 4.69) is 4.99 Å². The molecule has 0 saturated carbocycles. The third-order valence-electron chi connectivity index (χ3n) is 5.59. The zero-order valence-electron chi connectivity index (χ0n) is 19.2. The second-order valence-electron chi connectivity index (χ2n) is 7.82. The number of esters is 1. The molecule has 0 N–H and O–H groups in total. The van der Waals surface area contributed by atoms with E-state index in [-0.39, 0.29) is 17.9 Å². The fourth-order valence-electron chi connectivity index (χ4n) is 3.97. The Balaban J connectivity index is 1.57. The first-order valence-electron chi connectivity index (χ1n) is 10.9. The van der Waals surface area contributed by atoms with Crippen LogP contribution >= 0.6 is 22.7 Å². The normalized spacial score (nSPS) is 15.5. The van der Waals surface area contributed by atoms with E-state index in [0.29, 0.717) is 37.7 Å². The summed E-state index contributed by atoms with van der Waals surface area (Å²) < 4.78 is 13.1. The maximum Gasteiger partial charge on any atom is 0.338 e. The molecular formula is C25H19N3O6S2. The van der Waals surface area contributed by atoms with Crippen molar-refractivity contribution in [3.05, 3.63) is 106 Å². The third kappa shape index (κ3) is 4.23. The lowest BCUT2D eigenvalue weighted by molar-refractivity contribution is -0.384. The number of thiophene rings is 1. The number of nitrogens with zero attached hydrogens (tertiary/aromatic N) is 3. The minimum Gasteiger partial charge on any atom is -0.463 e. The number of carbonyl (C=O) groups is 1. The number of hydrogen-bond donors (Lipinski definition) is 0. The first-order valence-corrected chi connectivity index (χ1v) is 12.6. The quantitative estimate of drug-likeness (QED) is 0.215. The molecule has 4 heterocycles. The van der Waals surface area contributed by atoms with Gasteiger partial charge in [0.2, 0.25) is 0 Å². The molecule has 1 unspecified atom stereocenters. The Kier molecular flexibility index (Phi) is 6.25. The Bertz CT molecular complexity index is 1670. The highest BCUT2D eigenvalue weighted by molar-refractivity contribution is 7.10. The maximum atomic E-state index is 13.5. The minimum absolute atomic E-state index is 0.00980. The smallest absolute Gasteiger partial charge is 0.338 e. The van der Waals surface area contributed by atoms with Crippen molar-refractivity contribution < 1.29 is 18.9 Å². The van der Waals surface area contributed by atoms with Gasteiger partial charge in [-0.3, -0.25) is 19.5 Å². The number of benzene rings is 1. The van der Waals surface area contributed by atoms with Gasteiger partial charge in [0.15, 0.2) is 4.80 Å². The zero-order chi connectivity index (χ0) is 25.4. The Hall–Kier alpha value is -4.09. The monoisotopic (exact) mass is 521 g/mol. The van der Waals surface area contributed by atoms with Crippen LogP contribution in [0.4, 0.5) is 5.69 Å². The van der Waals surface area contributed by atoms with Crippen molar-refractivity contribution in [2.75, 3.05) is 6.61 Å². The zero-order valence-corrected chi connectivity index (χ0v) is 20.8. The number of furan rings is 1. The van der Waals surface area contributed by atoms with Gasteiger partial charge in [0, 0.05) is 28.6 Å².